The first kappa shape index (κ1) is 98.5. The first-order valence-corrected chi connectivity index (χ1v) is 42.7. The Balaban J connectivity index is 0.000000155. The second-order valence-corrected chi connectivity index (χ2v) is 31.6. The number of carbonyl (C=O) groups excluding carboxylic acids is 4. The van der Waals surface area contributed by atoms with E-state index in [2.05, 4.69) is 44.0 Å². The van der Waals surface area contributed by atoms with E-state index in [1.54, 1.807) is 117 Å². The van der Waals surface area contributed by atoms with Gasteiger partial charge in [-0.15, -0.1) is 13.2 Å². The third kappa shape index (κ3) is 22.5. The van der Waals surface area contributed by atoms with Crippen LogP contribution in [0.5, 0.6) is 80.7 Å². The van der Waals surface area contributed by atoms with E-state index >= 15 is 0 Å². The number of phenolic OH excluding ortho intramolecular Hbond substituents is 4. The molecule has 12 aromatic rings. The molecule has 0 fully saturated rings. The molecule has 26 nitrogen and oxygen atoms in total. The number of methoxy groups -OCH3 is 8. The molecule has 138 heavy (non-hydrogen) atoms. The normalized spacial score (nSPS) is 13.8. The van der Waals surface area contributed by atoms with Gasteiger partial charge in [0.05, 0.1) is 121 Å². The van der Waals surface area contributed by atoms with Gasteiger partial charge in [0.1, 0.15) is 23.2 Å². The van der Waals surface area contributed by atoms with Crippen molar-refractivity contribution < 1.29 is 122 Å². The first-order chi connectivity index (χ1) is 66.3. The van der Waals surface area contributed by atoms with Crippen LogP contribution in [0.25, 0.3) is 73.7 Å². The smallest absolute Gasteiger partial charge is 0.502 e. The number of hydroxylamine groups is 3. The number of aromatic hydroxyl groups is 4. The third-order valence-corrected chi connectivity index (χ3v) is 23.0. The first-order valence-electron chi connectivity index (χ1n) is 42.7. The van der Waals surface area contributed by atoms with Crippen LogP contribution >= 0.6 is 0 Å². The van der Waals surface area contributed by atoms with Gasteiger partial charge in [0, 0.05) is 6.07 Å². The van der Waals surface area contributed by atoms with Crippen LogP contribution in [0.4, 0.5) is 27.6 Å². The summed E-state index contributed by atoms with van der Waals surface area (Å²) in [4.78, 5) is 64.5. The van der Waals surface area contributed by atoms with Gasteiger partial charge in [0.2, 0.25) is 34.8 Å². The minimum Gasteiger partial charge on any atom is -0.502 e. The molecule has 0 bridgehead atoms. The highest BCUT2D eigenvalue weighted by atomic mass is 19.4. The van der Waals surface area contributed by atoms with Crippen molar-refractivity contribution in [2.75, 3.05) is 56.9 Å². The number of hydrogen-bond acceptors (Lipinski definition) is 21. The molecule has 4 amide bonds. The minimum absolute atomic E-state index is 0.00861. The Kier molecular flexibility index (Phi) is 31.2. The van der Waals surface area contributed by atoms with Gasteiger partial charge in [-0.05, 0) is 314 Å². The summed E-state index contributed by atoms with van der Waals surface area (Å²) >= 11 is 0. The molecule has 0 saturated heterocycles. The molecule has 16 rings (SSSR count). The van der Waals surface area contributed by atoms with Crippen molar-refractivity contribution >= 4 is 98.2 Å². The van der Waals surface area contributed by atoms with Crippen LogP contribution in [-0.4, -0.2) is 112 Å². The minimum atomic E-state index is -5.17. The molecule has 0 spiro atoms. The van der Waals surface area contributed by atoms with Crippen molar-refractivity contribution in [3.05, 3.63) is 336 Å². The maximum absolute atomic E-state index is 14.2. The Morgan fingerprint density at radius 3 is 1.07 bits per heavy atom. The summed E-state index contributed by atoms with van der Waals surface area (Å²) < 4.78 is 127. The van der Waals surface area contributed by atoms with E-state index in [9.17, 15) is 61.6 Å². The van der Waals surface area contributed by atoms with Crippen molar-refractivity contribution in [2.24, 2.45) is 0 Å². The average Bonchev–Trinajstić information content (AvgIpc) is 1.63. The number of ether oxygens (including phenoxy) is 8. The van der Waals surface area contributed by atoms with Gasteiger partial charge in [-0.2, -0.15) is 5.48 Å². The molecule has 3 heterocycles. The quantitative estimate of drug-likeness (QED) is 0.0104. The van der Waals surface area contributed by atoms with Crippen LogP contribution in [0.15, 0.2) is 242 Å². The van der Waals surface area contributed by atoms with Crippen molar-refractivity contribution in [3.63, 3.8) is 0 Å². The van der Waals surface area contributed by atoms with E-state index in [1.807, 2.05) is 70.2 Å². The molecule has 0 atom stereocenters. The molecule has 7 N–H and O–H groups in total. The molecule has 0 unspecified atom stereocenters. The Morgan fingerprint density at radius 2 is 0.725 bits per heavy atom. The Bertz CT molecular complexity index is 6840. The highest BCUT2D eigenvalue weighted by Gasteiger charge is 2.46. The molecular formula is C107H96F5N5O21. The number of aryl methyl sites for hydroxylation is 1. The van der Waals surface area contributed by atoms with Gasteiger partial charge in [0.15, 0.2) is 57.4 Å². The van der Waals surface area contributed by atoms with Crippen LogP contribution in [0.2, 0.25) is 0 Å². The number of fused-ring (bicyclic) bond motifs is 4. The van der Waals surface area contributed by atoms with Gasteiger partial charge < -0.3 is 91.9 Å². The van der Waals surface area contributed by atoms with E-state index in [0.717, 1.165) is 107 Å². The summed E-state index contributed by atoms with van der Waals surface area (Å²) in [5.41, 5.74) is 22.4. The number of amides is 4. The highest BCUT2D eigenvalue weighted by molar-refractivity contribution is 6.12. The maximum Gasteiger partial charge on any atom is 0.520 e. The Hall–Kier alpha value is -17.0. The van der Waals surface area contributed by atoms with Crippen LogP contribution in [-0.2, 0) is 32.3 Å². The predicted molar refractivity (Wildman–Crippen MR) is 510 cm³/mol. The van der Waals surface area contributed by atoms with Crippen molar-refractivity contribution in [1.29, 1.82) is 0 Å². The topological polar surface area (TPSA) is 325 Å². The van der Waals surface area contributed by atoms with Crippen molar-refractivity contribution in [3.8, 4) is 80.7 Å². The number of allylic oxidation sites excluding steroid dienone is 8. The van der Waals surface area contributed by atoms with Crippen molar-refractivity contribution in [2.45, 2.75) is 79.7 Å². The zero-order valence-corrected chi connectivity index (χ0v) is 77.2. The lowest BCUT2D eigenvalue weighted by Crippen LogP contribution is -2.45. The van der Waals surface area contributed by atoms with E-state index in [1.165, 1.54) is 99.3 Å². The lowest BCUT2D eigenvalue weighted by Gasteiger charge is -2.23. The number of alkyl halides is 3. The number of hydrogen-bond donors (Lipinski definition) is 7. The summed E-state index contributed by atoms with van der Waals surface area (Å²) in [5, 5.41) is 46.0. The number of halogens is 5. The van der Waals surface area contributed by atoms with Gasteiger partial charge in [-0.3, -0.25) is 19.2 Å². The number of phenols is 4. The van der Waals surface area contributed by atoms with Gasteiger partial charge in [-0.1, -0.05) is 71.3 Å². The molecule has 4 aliphatic rings. The summed E-state index contributed by atoms with van der Waals surface area (Å²) in [6, 6.07) is 52.1. The number of benzene rings is 9. The largest absolute Gasteiger partial charge is 0.520 e. The van der Waals surface area contributed by atoms with Crippen LogP contribution < -0.4 is 63.7 Å². The van der Waals surface area contributed by atoms with E-state index < -0.39 is 35.5 Å². The Labute approximate surface area is 791 Å². The second kappa shape index (κ2) is 43.8. The molecule has 9 aromatic carbocycles. The van der Waals surface area contributed by atoms with E-state index in [-0.39, 0.29) is 99.9 Å². The zero-order chi connectivity index (χ0) is 98.9. The predicted octanol–water partition coefficient (Wildman–Crippen LogP) is 22.5. The fourth-order valence-electron chi connectivity index (χ4n) is 16.1. The summed E-state index contributed by atoms with van der Waals surface area (Å²) in [6.07, 6.45) is 6.36. The van der Waals surface area contributed by atoms with Crippen molar-refractivity contribution in [1.82, 2.24) is 21.2 Å². The molecule has 0 aliphatic heterocycles. The summed E-state index contributed by atoms with van der Waals surface area (Å²) in [5.74, 6) is 0.0450. The lowest BCUT2D eigenvalue weighted by molar-refractivity contribution is -0.321. The maximum atomic E-state index is 14.2. The average molecular weight is 1880 g/mol. The molecule has 710 valence electrons. The van der Waals surface area contributed by atoms with Gasteiger partial charge in [-0.25, -0.2) is 13.6 Å². The monoisotopic (exact) mass is 1880 g/mol. The molecule has 4 aliphatic carbocycles. The van der Waals surface area contributed by atoms with Gasteiger partial charge >= 0.3 is 12.2 Å². The number of carbonyl (C=O) groups is 4. The molecule has 0 radical (unpaired) electrons. The zero-order valence-electron chi connectivity index (χ0n) is 77.2. The standard InChI is InChI=1S/C27H24FNO5.C27H24N2O5.C27H27NO5.C26H21F4NO6/c1-16-21(11-17-12-24(32-2)27(31)25(13-17)33-3)20-10-9-18(28)14-23(20)22(16)15-26(30)29-34-19-7-5-4-6-8-19;1-16-21(10-17-11-24(32-3)27(31)25(12-17)33-4)20-8-7-18(28-2)13-23(20)22(16)14-26(30)29-15-19-6-5-9-34-19;1-16-7-8-20-21(11-18-12-24(31-3)27(30)25(13-18)32-4)17(2)22(23(20)10-16)14-26(29)28-15-19-6-5-9-33-19;1-14-18(9-15-10-21(34-2)25(33)22(11-15)35-3)17-7-6-16(27)12-20(17)19(14)13-23(32)31(26(28,29)30)37-24-5-4-8-36-24/h4-14,31H,15H2,1-3H3,(H,29,30);5-13,31H,14-15H2,1,3-4H3,(H,29,30);5-13,30H,14-15H2,1-4H3,(H,28,29);4-12,33H,13H2,1-3H3/b21-11-;21-10-;21-11-;18-9-. The van der Waals surface area contributed by atoms with Crippen LogP contribution in [0.3, 0.4) is 0 Å². The molecule has 0 saturated carbocycles. The molecule has 3 aromatic heterocycles. The number of nitrogens with zero attached hydrogens (tertiary/aromatic N) is 2. The lowest BCUT2D eigenvalue weighted by atomic mass is 9.98. The summed E-state index contributed by atoms with van der Waals surface area (Å²) in [7, 11) is 11.6. The molecular weight excluding hydrogens is 1790 g/mol. The summed E-state index contributed by atoms with van der Waals surface area (Å²) in [6.45, 7) is 17.6. The SMILES string of the molecule is COc1cc(/C=C2/C(C)=C(CC(=O)N(Oc3ccco3)C(F)(F)F)c3cc(F)ccc32)cc(OC)c1O.COc1cc(/C=C2/C(C)=C(CC(=O)NCc3ccco3)c3cc(C)ccc32)cc(OC)c1O.COc1cc(/C=C2/C(C)=C(CC(=O)NOc3ccccc3)c3cc(F)ccc32)cc(OC)c1O.[C-]#[N+]c1ccc2c(c1)C(CC(=O)NCc1ccco1)=C(C)/C2=C/c1cc(OC)c(O)c(OC)c1. The van der Waals surface area contributed by atoms with Crippen LogP contribution in [0, 0.1) is 25.1 Å². The fourth-order valence-corrected chi connectivity index (χ4v) is 16.1. The second-order valence-electron chi connectivity index (χ2n) is 31.6. The number of nitrogens with one attached hydrogen (secondary N) is 3. The number of furan rings is 3. The number of rotatable bonds is 28. The Morgan fingerprint density at radius 1 is 0.391 bits per heavy atom. The number of para-hydroxylation sites is 1. The van der Waals surface area contributed by atoms with Gasteiger partial charge in [0.25, 0.3) is 11.8 Å². The van der Waals surface area contributed by atoms with Crippen LogP contribution in [0.1, 0.15) is 137 Å². The third-order valence-electron chi connectivity index (χ3n) is 23.0. The highest BCUT2D eigenvalue weighted by Crippen LogP contribution is 2.52. The fraction of sp³-hybridized carbons (Fsp3) is 0.187. The molecule has 31 heteroatoms. The van der Waals surface area contributed by atoms with E-state index in [4.69, 9.17) is 62.6 Å². The van der Waals surface area contributed by atoms with E-state index in [0.29, 0.717) is 98.0 Å².